The van der Waals surface area contributed by atoms with Gasteiger partial charge >= 0.3 is 0 Å². The number of benzene rings is 2. The number of rotatable bonds is 1. The summed E-state index contributed by atoms with van der Waals surface area (Å²) in [7, 11) is 0. The second-order valence-electron chi connectivity index (χ2n) is 5.12. The van der Waals surface area contributed by atoms with Crippen LogP contribution >= 0.6 is 12.2 Å². The number of aryl methyl sites for hydroxylation is 1. The molecule has 4 aromatic rings. The molecule has 0 saturated carbocycles. The van der Waals surface area contributed by atoms with Crippen LogP contribution in [-0.2, 0) is 0 Å². The van der Waals surface area contributed by atoms with Crippen molar-refractivity contribution in [2.24, 2.45) is 0 Å². The number of nitrogens with zero attached hydrogens (tertiary/aromatic N) is 2. The van der Waals surface area contributed by atoms with Crippen LogP contribution < -0.4 is 0 Å². The number of nitrogens with one attached hydrogen (secondary N) is 1. The highest BCUT2D eigenvalue weighted by Crippen LogP contribution is 2.24. The molecule has 0 atom stereocenters. The summed E-state index contributed by atoms with van der Waals surface area (Å²) >= 11 is 5.51. The van der Waals surface area contributed by atoms with Crippen LogP contribution in [0.5, 0.6) is 0 Å². The van der Waals surface area contributed by atoms with E-state index in [0.717, 1.165) is 27.6 Å². The van der Waals surface area contributed by atoms with E-state index >= 15 is 0 Å². The lowest BCUT2D eigenvalue weighted by atomic mass is 10.1. The number of imidazole rings is 1. The molecule has 2 aromatic carbocycles. The molecule has 0 aliphatic heterocycles. The van der Waals surface area contributed by atoms with E-state index in [1.807, 2.05) is 24.4 Å². The van der Waals surface area contributed by atoms with Crippen molar-refractivity contribution in [1.29, 1.82) is 0 Å². The zero-order valence-corrected chi connectivity index (χ0v) is 12.3. The van der Waals surface area contributed by atoms with Crippen molar-refractivity contribution in [3.05, 3.63) is 65.1 Å². The second kappa shape index (κ2) is 4.53. The number of aromatic nitrogens is 3. The van der Waals surface area contributed by atoms with Crippen LogP contribution in [0.2, 0.25) is 0 Å². The van der Waals surface area contributed by atoms with Crippen molar-refractivity contribution in [3.8, 4) is 5.69 Å². The molecule has 4 rings (SSSR count). The maximum Gasteiger partial charge on any atom is 0.182 e. The third-order valence-electron chi connectivity index (χ3n) is 3.75. The second-order valence-corrected chi connectivity index (χ2v) is 5.50. The van der Waals surface area contributed by atoms with Crippen molar-refractivity contribution in [2.45, 2.75) is 6.92 Å². The Balaban J connectivity index is 2.08. The van der Waals surface area contributed by atoms with Crippen molar-refractivity contribution in [3.63, 3.8) is 0 Å². The highest BCUT2D eigenvalue weighted by Gasteiger charge is 2.09. The van der Waals surface area contributed by atoms with Crippen LogP contribution in [0.25, 0.3) is 27.6 Å². The zero-order chi connectivity index (χ0) is 14.4. The number of hydrogen-bond donors (Lipinski definition) is 1. The van der Waals surface area contributed by atoms with E-state index in [0.29, 0.717) is 4.77 Å². The topological polar surface area (TPSA) is 33.6 Å². The van der Waals surface area contributed by atoms with Gasteiger partial charge in [0, 0.05) is 17.3 Å². The first-order chi connectivity index (χ1) is 10.2. The van der Waals surface area contributed by atoms with Crippen LogP contribution in [0.4, 0.5) is 0 Å². The van der Waals surface area contributed by atoms with Gasteiger partial charge in [0.2, 0.25) is 0 Å². The Hall–Kier alpha value is -2.46. The fourth-order valence-electron chi connectivity index (χ4n) is 2.78. The molecule has 0 aliphatic carbocycles. The lowest BCUT2D eigenvalue weighted by Crippen LogP contribution is -1.95. The molecule has 0 spiro atoms. The van der Waals surface area contributed by atoms with Gasteiger partial charge in [-0.15, -0.1) is 0 Å². The quantitative estimate of drug-likeness (QED) is 0.522. The van der Waals surface area contributed by atoms with Crippen molar-refractivity contribution < 1.29 is 0 Å². The van der Waals surface area contributed by atoms with Gasteiger partial charge < -0.3 is 4.98 Å². The summed E-state index contributed by atoms with van der Waals surface area (Å²) in [6.07, 6.45) is 1.81. The molecule has 102 valence electrons. The molecule has 0 radical (unpaired) electrons. The molecular weight excluding hydrogens is 278 g/mol. The largest absolute Gasteiger partial charge is 0.330 e. The molecule has 0 unspecified atom stereocenters. The fraction of sp³-hybridized carbons (Fsp3) is 0.0588. The van der Waals surface area contributed by atoms with E-state index in [1.54, 1.807) is 0 Å². The third-order valence-corrected chi connectivity index (χ3v) is 4.04. The standard InChI is InChI=1S/C17H13N3S/c1-11-4-2-6-15-16(11)20(17(21)19-15)13-7-8-14-12(10-13)5-3-9-18-14/h2-10H,1H3,(H,19,21). The number of fused-ring (bicyclic) bond motifs is 2. The Morgan fingerprint density at radius 1 is 1.10 bits per heavy atom. The highest BCUT2D eigenvalue weighted by molar-refractivity contribution is 7.71. The Labute approximate surface area is 126 Å². The molecule has 0 fully saturated rings. The molecule has 1 N–H and O–H groups in total. The average Bonchev–Trinajstić information content (AvgIpc) is 2.84. The van der Waals surface area contributed by atoms with E-state index in [-0.39, 0.29) is 0 Å². The number of aromatic amines is 1. The normalized spacial score (nSPS) is 11.3. The Kier molecular flexibility index (Phi) is 2.65. The monoisotopic (exact) mass is 291 g/mol. The van der Waals surface area contributed by atoms with E-state index in [9.17, 15) is 0 Å². The smallest absolute Gasteiger partial charge is 0.182 e. The first-order valence-corrected chi connectivity index (χ1v) is 7.20. The number of hydrogen-bond acceptors (Lipinski definition) is 2. The summed E-state index contributed by atoms with van der Waals surface area (Å²) < 4.78 is 2.80. The molecule has 4 heteroatoms. The van der Waals surface area contributed by atoms with Crippen molar-refractivity contribution in [1.82, 2.24) is 14.5 Å². The summed E-state index contributed by atoms with van der Waals surface area (Å²) in [4.78, 5) is 7.64. The Bertz CT molecular complexity index is 1030. The maximum absolute atomic E-state index is 5.51. The minimum Gasteiger partial charge on any atom is -0.330 e. The minimum absolute atomic E-state index is 0.711. The molecule has 0 amide bonds. The average molecular weight is 291 g/mol. The maximum atomic E-state index is 5.51. The molecule has 0 aliphatic rings. The molecular formula is C17H13N3S. The van der Waals surface area contributed by atoms with Gasteiger partial charge in [0.05, 0.1) is 16.6 Å². The first kappa shape index (κ1) is 12.3. The minimum atomic E-state index is 0.711. The third kappa shape index (κ3) is 1.87. The van der Waals surface area contributed by atoms with Crippen molar-refractivity contribution in [2.75, 3.05) is 0 Å². The van der Waals surface area contributed by atoms with E-state index in [1.165, 1.54) is 5.56 Å². The summed E-state index contributed by atoms with van der Waals surface area (Å²) in [6, 6.07) is 16.4. The predicted octanol–water partition coefficient (Wildman–Crippen LogP) is 4.54. The number of H-pyrrole nitrogens is 1. The van der Waals surface area contributed by atoms with Crippen LogP contribution in [-0.4, -0.2) is 14.5 Å². The van der Waals surface area contributed by atoms with Gasteiger partial charge in [-0.05, 0) is 55.0 Å². The van der Waals surface area contributed by atoms with Gasteiger partial charge in [-0.1, -0.05) is 18.2 Å². The van der Waals surface area contributed by atoms with E-state index < -0.39 is 0 Å². The van der Waals surface area contributed by atoms with Crippen molar-refractivity contribution >= 4 is 34.2 Å². The van der Waals surface area contributed by atoms with Gasteiger partial charge in [-0.25, -0.2) is 0 Å². The van der Waals surface area contributed by atoms with Gasteiger partial charge in [0.25, 0.3) is 0 Å². The van der Waals surface area contributed by atoms with Gasteiger partial charge in [-0.3, -0.25) is 9.55 Å². The van der Waals surface area contributed by atoms with Crippen LogP contribution in [0.3, 0.4) is 0 Å². The Morgan fingerprint density at radius 2 is 2.00 bits per heavy atom. The lowest BCUT2D eigenvalue weighted by molar-refractivity contribution is 1.06. The number of para-hydroxylation sites is 1. The number of pyridine rings is 1. The lowest BCUT2D eigenvalue weighted by Gasteiger charge is -2.07. The summed E-state index contributed by atoms with van der Waals surface area (Å²) in [5, 5.41) is 1.11. The summed E-state index contributed by atoms with van der Waals surface area (Å²) in [5.41, 5.74) is 5.44. The molecule has 21 heavy (non-hydrogen) atoms. The molecule has 2 aromatic heterocycles. The fourth-order valence-corrected chi connectivity index (χ4v) is 3.08. The SMILES string of the molecule is Cc1cccc2[nH]c(=S)n(-c3ccc4ncccc4c3)c12. The summed E-state index contributed by atoms with van der Waals surface area (Å²) in [5.74, 6) is 0. The zero-order valence-electron chi connectivity index (χ0n) is 11.5. The van der Waals surface area contributed by atoms with Gasteiger partial charge in [0.15, 0.2) is 4.77 Å². The Morgan fingerprint density at radius 3 is 2.90 bits per heavy atom. The van der Waals surface area contributed by atoms with Gasteiger partial charge in [-0.2, -0.15) is 0 Å². The van der Waals surface area contributed by atoms with Gasteiger partial charge in [0.1, 0.15) is 0 Å². The first-order valence-electron chi connectivity index (χ1n) is 6.79. The highest BCUT2D eigenvalue weighted by atomic mass is 32.1. The molecule has 2 heterocycles. The van der Waals surface area contributed by atoms with Crippen LogP contribution in [0.15, 0.2) is 54.7 Å². The summed E-state index contributed by atoms with van der Waals surface area (Å²) in [6.45, 7) is 2.10. The van der Waals surface area contributed by atoms with Crippen LogP contribution in [0, 0.1) is 11.7 Å². The molecule has 3 nitrogen and oxygen atoms in total. The van der Waals surface area contributed by atoms with Crippen LogP contribution in [0.1, 0.15) is 5.56 Å². The molecule has 0 saturated heterocycles. The predicted molar refractivity (Wildman–Crippen MR) is 88.5 cm³/mol. The molecule has 0 bridgehead atoms. The van der Waals surface area contributed by atoms with E-state index in [2.05, 4.69) is 51.8 Å². The van der Waals surface area contributed by atoms with E-state index in [4.69, 9.17) is 12.2 Å².